The molecule has 0 aliphatic carbocycles. The molecule has 5 heteroatoms. The molecule has 29 heavy (non-hydrogen) atoms. The number of rotatable bonds is 6. The minimum Gasteiger partial charge on any atom is -0.337 e. The van der Waals surface area contributed by atoms with Crippen LogP contribution in [0, 0.1) is 0 Å². The summed E-state index contributed by atoms with van der Waals surface area (Å²) in [6.45, 7) is 2.42. The first kappa shape index (κ1) is 19.2. The fourth-order valence-corrected chi connectivity index (χ4v) is 3.97. The van der Waals surface area contributed by atoms with Crippen LogP contribution >= 0.6 is 0 Å². The quantitative estimate of drug-likeness (QED) is 0.672. The highest BCUT2D eigenvalue weighted by molar-refractivity contribution is 5.89. The highest BCUT2D eigenvalue weighted by Crippen LogP contribution is 2.32. The van der Waals surface area contributed by atoms with Crippen molar-refractivity contribution in [1.29, 1.82) is 0 Å². The number of hydrogen-bond donors (Lipinski definition) is 2. The van der Waals surface area contributed by atoms with Gasteiger partial charge in [-0.05, 0) is 41.7 Å². The predicted molar refractivity (Wildman–Crippen MR) is 116 cm³/mol. The summed E-state index contributed by atoms with van der Waals surface area (Å²) in [7, 11) is 0. The van der Waals surface area contributed by atoms with Gasteiger partial charge in [-0.25, -0.2) is 4.79 Å². The molecule has 0 spiro atoms. The highest BCUT2D eigenvalue weighted by Gasteiger charge is 2.26. The number of pyridine rings is 1. The van der Waals surface area contributed by atoms with E-state index in [4.69, 9.17) is 0 Å². The molecule has 5 nitrogen and oxygen atoms in total. The number of urea groups is 1. The third-order valence-corrected chi connectivity index (χ3v) is 5.42. The number of carbonyl (C=O) groups excluding carboxylic acids is 1. The Morgan fingerprint density at radius 2 is 1.76 bits per heavy atom. The van der Waals surface area contributed by atoms with Crippen molar-refractivity contribution in [2.75, 3.05) is 25.0 Å². The van der Waals surface area contributed by atoms with E-state index >= 15 is 0 Å². The summed E-state index contributed by atoms with van der Waals surface area (Å²) in [6.07, 6.45) is 5.34. The molecule has 1 unspecified atom stereocenters. The van der Waals surface area contributed by atoms with Crippen LogP contribution in [0.5, 0.6) is 0 Å². The van der Waals surface area contributed by atoms with Gasteiger partial charge < -0.3 is 10.6 Å². The van der Waals surface area contributed by atoms with E-state index in [-0.39, 0.29) is 6.03 Å². The number of carbonyl (C=O) groups is 1. The van der Waals surface area contributed by atoms with Crippen molar-refractivity contribution in [3.63, 3.8) is 0 Å². The number of hydrogen-bond acceptors (Lipinski definition) is 3. The summed E-state index contributed by atoms with van der Waals surface area (Å²) in [4.78, 5) is 18.6. The van der Waals surface area contributed by atoms with Crippen molar-refractivity contribution in [2.45, 2.75) is 18.9 Å². The van der Waals surface area contributed by atoms with Crippen LogP contribution in [0.2, 0.25) is 0 Å². The number of fused-ring (bicyclic) bond motifs is 1. The zero-order chi connectivity index (χ0) is 19.9. The van der Waals surface area contributed by atoms with Crippen LogP contribution in [0.25, 0.3) is 0 Å². The first-order valence-electron chi connectivity index (χ1n) is 10.1. The molecule has 1 atom stereocenters. The van der Waals surface area contributed by atoms with Crippen molar-refractivity contribution in [3.05, 3.63) is 95.8 Å². The van der Waals surface area contributed by atoms with Gasteiger partial charge >= 0.3 is 6.03 Å². The first-order chi connectivity index (χ1) is 14.3. The molecule has 0 bridgehead atoms. The van der Waals surface area contributed by atoms with Crippen LogP contribution in [-0.2, 0) is 12.8 Å². The molecule has 2 N–H and O–H groups in total. The Morgan fingerprint density at radius 3 is 2.59 bits per heavy atom. The van der Waals surface area contributed by atoms with Gasteiger partial charge in [0.25, 0.3) is 0 Å². The largest absolute Gasteiger partial charge is 0.337 e. The smallest absolute Gasteiger partial charge is 0.319 e. The van der Waals surface area contributed by atoms with E-state index in [1.54, 1.807) is 24.5 Å². The van der Waals surface area contributed by atoms with Crippen molar-refractivity contribution >= 4 is 11.7 Å². The first-order valence-corrected chi connectivity index (χ1v) is 10.1. The SMILES string of the molecule is O=C(NCCN1CCc2ccccc2C1Cc1ccccc1)Nc1ccncc1. The molecule has 1 aliphatic heterocycles. The number of nitrogens with zero attached hydrogens (tertiary/aromatic N) is 2. The van der Waals surface area contributed by atoms with E-state index in [1.165, 1.54) is 16.7 Å². The number of amides is 2. The van der Waals surface area contributed by atoms with Gasteiger partial charge in [-0.15, -0.1) is 0 Å². The number of nitrogens with one attached hydrogen (secondary N) is 2. The molecular weight excluding hydrogens is 360 g/mol. The molecule has 148 valence electrons. The summed E-state index contributed by atoms with van der Waals surface area (Å²) < 4.78 is 0. The van der Waals surface area contributed by atoms with Gasteiger partial charge in [0.15, 0.2) is 0 Å². The lowest BCUT2D eigenvalue weighted by Gasteiger charge is -2.37. The van der Waals surface area contributed by atoms with Crippen molar-refractivity contribution < 1.29 is 4.79 Å². The molecule has 2 aromatic carbocycles. The topological polar surface area (TPSA) is 57.3 Å². The Hall–Kier alpha value is -3.18. The van der Waals surface area contributed by atoms with Gasteiger partial charge in [0.2, 0.25) is 0 Å². The van der Waals surface area contributed by atoms with E-state index in [9.17, 15) is 4.79 Å². The molecule has 0 saturated heterocycles. The Bertz CT molecular complexity index is 930. The predicted octanol–water partition coefficient (Wildman–Crippen LogP) is 4.05. The summed E-state index contributed by atoms with van der Waals surface area (Å²) in [5, 5.41) is 5.81. The van der Waals surface area contributed by atoms with Gasteiger partial charge in [-0.2, -0.15) is 0 Å². The summed E-state index contributed by atoms with van der Waals surface area (Å²) in [6, 6.07) is 23.1. The number of aromatic nitrogens is 1. The summed E-state index contributed by atoms with van der Waals surface area (Å²) in [5.41, 5.74) is 4.92. The average Bonchev–Trinajstić information content (AvgIpc) is 2.76. The Kier molecular flexibility index (Phi) is 6.17. The van der Waals surface area contributed by atoms with Gasteiger partial charge in [-0.3, -0.25) is 9.88 Å². The Morgan fingerprint density at radius 1 is 1.00 bits per heavy atom. The Balaban J connectivity index is 1.39. The van der Waals surface area contributed by atoms with Crippen LogP contribution in [0.4, 0.5) is 10.5 Å². The second-order valence-electron chi connectivity index (χ2n) is 7.31. The van der Waals surface area contributed by atoms with Gasteiger partial charge in [0.05, 0.1) is 0 Å². The maximum Gasteiger partial charge on any atom is 0.319 e. The lowest BCUT2D eigenvalue weighted by Crippen LogP contribution is -2.42. The third kappa shape index (κ3) is 5.00. The van der Waals surface area contributed by atoms with Gasteiger partial charge in [0, 0.05) is 43.8 Å². The number of benzene rings is 2. The molecule has 4 rings (SSSR count). The van der Waals surface area contributed by atoms with Crippen molar-refractivity contribution in [2.24, 2.45) is 0 Å². The zero-order valence-electron chi connectivity index (χ0n) is 16.4. The fraction of sp³-hybridized carbons (Fsp3) is 0.250. The van der Waals surface area contributed by atoms with Crippen molar-refractivity contribution in [1.82, 2.24) is 15.2 Å². The van der Waals surface area contributed by atoms with Crippen LogP contribution in [-0.4, -0.2) is 35.5 Å². The lowest BCUT2D eigenvalue weighted by atomic mass is 9.88. The summed E-state index contributed by atoms with van der Waals surface area (Å²) >= 11 is 0. The van der Waals surface area contributed by atoms with Crippen LogP contribution in [0.1, 0.15) is 22.7 Å². The molecule has 1 aliphatic rings. The minimum atomic E-state index is -0.187. The molecule has 0 fully saturated rings. The van der Waals surface area contributed by atoms with Gasteiger partial charge in [-0.1, -0.05) is 54.6 Å². The second-order valence-corrected chi connectivity index (χ2v) is 7.31. The normalized spacial score (nSPS) is 16.1. The maximum absolute atomic E-state index is 12.2. The van der Waals surface area contributed by atoms with E-state index in [0.717, 1.165) is 31.6 Å². The van der Waals surface area contributed by atoms with E-state index in [0.29, 0.717) is 12.6 Å². The van der Waals surface area contributed by atoms with E-state index < -0.39 is 0 Å². The van der Waals surface area contributed by atoms with E-state index in [2.05, 4.69) is 75.1 Å². The highest BCUT2D eigenvalue weighted by atomic mass is 16.2. The van der Waals surface area contributed by atoms with Crippen molar-refractivity contribution in [3.8, 4) is 0 Å². The lowest BCUT2D eigenvalue weighted by molar-refractivity contribution is 0.184. The number of anilines is 1. The van der Waals surface area contributed by atoms with Crippen LogP contribution in [0.15, 0.2) is 79.1 Å². The summed E-state index contributed by atoms with van der Waals surface area (Å²) in [5.74, 6) is 0. The molecular formula is C24H26N4O. The zero-order valence-corrected chi connectivity index (χ0v) is 16.4. The fourth-order valence-electron chi connectivity index (χ4n) is 3.97. The molecule has 0 radical (unpaired) electrons. The molecule has 1 aromatic heterocycles. The monoisotopic (exact) mass is 386 g/mol. The molecule has 0 saturated carbocycles. The average molecular weight is 386 g/mol. The Labute approximate surface area is 171 Å². The van der Waals surface area contributed by atoms with E-state index in [1.807, 2.05) is 0 Å². The van der Waals surface area contributed by atoms with Crippen LogP contribution in [0.3, 0.4) is 0 Å². The minimum absolute atomic E-state index is 0.187. The molecule has 3 aromatic rings. The molecule has 2 heterocycles. The molecule has 2 amide bonds. The van der Waals surface area contributed by atoms with Crippen LogP contribution < -0.4 is 10.6 Å². The standard InChI is InChI=1S/C24H26N4O/c29-24(27-21-10-13-25-14-11-21)26-15-17-28-16-12-20-8-4-5-9-22(20)23(28)18-19-6-2-1-3-7-19/h1-11,13-14,23H,12,15-18H2,(H2,25,26,27,29). The second kappa shape index (κ2) is 9.34. The third-order valence-electron chi connectivity index (χ3n) is 5.42. The van der Waals surface area contributed by atoms with Gasteiger partial charge in [0.1, 0.15) is 0 Å². The maximum atomic E-state index is 12.2.